The fourth-order valence-electron chi connectivity index (χ4n) is 2.87. The minimum atomic E-state index is -0.172. The number of nitrogens with zero attached hydrogens (tertiary/aromatic N) is 1. The second-order valence-corrected chi connectivity index (χ2v) is 7.07. The number of rotatable bonds is 5. The van der Waals surface area contributed by atoms with Crippen molar-refractivity contribution in [3.8, 4) is 5.75 Å². The maximum atomic E-state index is 13.3. The van der Waals surface area contributed by atoms with E-state index >= 15 is 0 Å². The molecule has 4 rings (SSSR count). The molecule has 0 N–H and O–H groups in total. The predicted octanol–water partition coefficient (Wildman–Crippen LogP) is 6.02. The van der Waals surface area contributed by atoms with Crippen LogP contribution in [0, 0.1) is 0 Å². The van der Waals surface area contributed by atoms with Gasteiger partial charge >= 0.3 is 0 Å². The van der Waals surface area contributed by atoms with Crippen molar-refractivity contribution < 1.29 is 13.9 Å². The average Bonchev–Trinajstić information content (AvgIpc) is 3.15. The smallest absolute Gasteiger partial charge is 0.231 e. The van der Waals surface area contributed by atoms with Crippen molar-refractivity contribution >= 4 is 44.5 Å². The van der Waals surface area contributed by atoms with Crippen molar-refractivity contribution in [1.29, 1.82) is 0 Å². The molecule has 0 aliphatic heterocycles. The number of benzene rings is 3. The molecule has 1 heterocycles. The minimum absolute atomic E-state index is 0.172. The summed E-state index contributed by atoms with van der Waals surface area (Å²) in [6, 6.07) is 22.1. The summed E-state index contributed by atoms with van der Waals surface area (Å²) in [4.78, 5) is 17.8. The molecule has 0 atom stereocenters. The Morgan fingerprint density at radius 3 is 2.54 bits per heavy atom. The van der Waals surface area contributed by atoms with Crippen molar-refractivity contribution in [3.63, 3.8) is 0 Å². The summed E-state index contributed by atoms with van der Waals surface area (Å²) in [6.45, 7) is 0. The summed E-state index contributed by atoms with van der Waals surface area (Å²) < 4.78 is 12.0. The second kappa shape index (κ2) is 7.82. The first-order valence-electron chi connectivity index (χ1n) is 8.66. The third kappa shape index (κ3) is 3.75. The Balaban J connectivity index is 1.83. The van der Waals surface area contributed by atoms with Gasteiger partial charge in [0.1, 0.15) is 11.3 Å². The van der Waals surface area contributed by atoms with E-state index in [1.54, 1.807) is 37.5 Å². The molecular formula is C23H16BrNO3. The molecule has 5 heteroatoms. The molecule has 0 spiro atoms. The lowest BCUT2D eigenvalue weighted by Gasteiger charge is -2.06. The van der Waals surface area contributed by atoms with Crippen LogP contribution < -0.4 is 4.74 Å². The van der Waals surface area contributed by atoms with Gasteiger partial charge < -0.3 is 9.15 Å². The summed E-state index contributed by atoms with van der Waals surface area (Å²) >= 11 is 3.47. The fraction of sp³-hybridized carbons (Fsp3) is 0.0435. The van der Waals surface area contributed by atoms with Crippen LogP contribution in [-0.4, -0.2) is 17.9 Å². The average molecular weight is 434 g/mol. The van der Waals surface area contributed by atoms with Gasteiger partial charge in [0.05, 0.1) is 12.7 Å². The number of para-hydroxylation sites is 2. The number of carbonyl (C=O) groups excluding carboxylic acids is 1. The van der Waals surface area contributed by atoms with Gasteiger partial charge in [-0.05, 0) is 60.2 Å². The number of carbonyl (C=O) groups is 1. The second-order valence-electron chi connectivity index (χ2n) is 6.16. The number of ketones is 1. The highest BCUT2D eigenvalue weighted by Crippen LogP contribution is 2.27. The maximum Gasteiger partial charge on any atom is 0.231 e. The van der Waals surface area contributed by atoms with Crippen LogP contribution in [0.4, 0.5) is 0 Å². The normalized spacial score (nSPS) is 11.6. The Labute approximate surface area is 170 Å². The Morgan fingerprint density at radius 2 is 1.82 bits per heavy atom. The Kier molecular flexibility index (Phi) is 5.08. The van der Waals surface area contributed by atoms with Crippen LogP contribution in [0.5, 0.6) is 5.75 Å². The molecule has 28 heavy (non-hydrogen) atoms. The lowest BCUT2D eigenvalue weighted by molar-refractivity contribution is 0.105. The third-order valence-corrected chi connectivity index (χ3v) is 4.77. The van der Waals surface area contributed by atoms with Gasteiger partial charge in [0.25, 0.3) is 0 Å². The van der Waals surface area contributed by atoms with Crippen molar-refractivity contribution in [1.82, 2.24) is 4.98 Å². The Morgan fingerprint density at radius 1 is 1.04 bits per heavy atom. The zero-order valence-corrected chi connectivity index (χ0v) is 16.6. The van der Waals surface area contributed by atoms with Gasteiger partial charge in [-0.3, -0.25) is 4.79 Å². The number of hydrogen-bond donors (Lipinski definition) is 0. The molecule has 0 bridgehead atoms. The molecule has 0 saturated heterocycles. The molecule has 0 unspecified atom stereocenters. The largest absolute Gasteiger partial charge is 0.497 e. The highest BCUT2D eigenvalue weighted by atomic mass is 79.9. The molecule has 0 saturated carbocycles. The quantitative estimate of drug-likeness (QED) is 0.285. The van der Waals surface area contributed by atoms with Crippen molar-refractivity contribution in [2.45, 2.75) is 0 Å². The Bertz CT molecular complexity index is 1140. The van der Waals surface area contributed by atoms with Crippen LogP contribution in [0.25, 0.3) is 22.7 Å². The monoisotopic (exact) mass is 433 g/mol. The van der Waals surface area contributed by atoms with Crippen LogP contribution in [-0.2, 0) is 0 Å². The zero-order chi connectivity index (χ0) is 19.5. The summed E-state index contributed by atoms with van der Waals surface area (Å²) in [6.07, 6.45) is 1.79. The fourth-order valence-corrected chi connectivity index (χ4v) is 3.29. The number of oxazole rings is 1. The summed E-state index contributed by atoms with van der Waals surface area (Å²) in [5.41, 5.74) is 3.14. The van der Waals surface area contributed by atoms with E-state index in [4.69, 9.17) is 9.15 Å². The summed E-state index contributed by atoms with van der Waals surface area (Å²) in [5.74, 6) is 0.812. The van der Waals surface area contributed by atoms with E-state index in [9.17, 15) is 4.79 Å². The molecule has 0 aliphatic rings. The molecule has 0 radical (unpaired) electrons. The van der Waals surface area contributed by atoms with E-state index in [-0.39, 0.29) is 5.78 Å². The first-order chi connectivity index (χ1) is 13.6. The number of fused-ring (bicyclic) bond motifs is 1. The van der Waals surface area contributed by atoms with Crippen LogP contribution in [0.2, 0.25) is 0 Å². The maximum absolute atomic E-state index is 13.3. The van der Waals surface area contributed by atoms with Crippen molar-refractivity contribution in [2.75, 3.05) is 7.11 Å². The Hall–Kier alpha value is -3.18. The molecule has 0 fully saturated rings. The summed E-state index contributed by atoms with van der Waals surface area (Å²) in [7, 11) is 1.59. The molecule has 3 aromatic carbocycles. The number of aromatic nitrogens is 1. The zero-order valence-electron chi connectivity index (χ0n) is 15.1. The lowest BCUT2D eigenvalue weighted by atomic mass is 10.0. The summed E-state index contributed by atoms with van der Waals surface area (Å²) in [5, 5.41) is 0. The van der Waals surface area contributed by atoms with Crippen molar-refractivity contribution in [3.05, 3.63) is 94.3 Å². The predicted molar refractivity (Wildman–Crippen MR) is 113 cm³/mol. The topological polar surface area (TPSA) is 52.3 Å². The molecule has 4 aromatic rings. The van der Waals surface area contributed by atoms with Gasteiger partial charge in [0.2, 0.25) is 5.89 Å². The number of hydrogen-bond acceptors (Lipinski definition) is 4. The minimum Gasteiger partial charge on any atom is -0.497 e. The van der Waals surface area contributed by atoms with Gasteiger partial charge in [0.15, 0.2) is 11.4 Å². The molecular weight excluding hydrogens is 418 g/mol. The first-order valence-corrected chi connectivity index (χ1v) is 9.45. The van der Waals surface area contributed by atoms with E-state index < -0.39 is 0 Å². The van der Waals surface area contributed by atoms with Crippen LogP contribution in [0.1, 0.15) is 21.8 Å². The van der Waals surface area contributed by atoms with E-state index in [1.807, 2.05) is 48.5 Å². The van der Waals surface area contributed by atoms with Crippen LogP contribution >= 0.6 is 15.9 Å². The number of halogens is 1. The van der Waals surface area contributed by atoms with Crippen molar-refractivity contribution in [2.24, 2.45) is 0 Å². The molecule has 1 aromatic heterocycles. The molecule has 4 nitrogen and oxygen atoms in total. The molecule has 0 amide bonds. The van der Waals surface area contributed by atoms with Gasteiger partial charge in [0, 0.05) is 10.0 Å². The van der Waals surface area contributed by atoms with E-state index in [2.05, 4.69) is 20.9 Å². The molecule has 0 aliphatic carbocycles. The lowest BCUT2D eigenvalue weighted by Crippen LogP contribution is -2.03. The van der Waals surface area contributed by atoms with Crippen LogP contribution in [0.3, 0.4) is 0 Å². The van der Waals surface area contributed by atoms with Gasteiger partial charge in [-0.1, -0.05) is 40.2 Å². The van der Waals surface area contributed by atoms with E-state index in [0.717, 1.165) is 10.0 Å². The SMILES string of the molecule is COc1ccc(C(=O)C(=Cc2cccc(Br)c2)c2nc3ccccc3o2)cc1. The van der Waals surface area contributed by atoms with Gasteiger partial charge in [-0.25, -0.2) is 4.98 Å². The number of methoxy groups -OCH3 is 1. The standard InChI is InChI=1S/C23H16BrNO3/c1-27-18-11-9-16(10-12-18)22(26)19(14-15-5-4-6-17(24)13-15)23-25-20-7-2-3-8-21(20)28-23/h2-14H,1H3. The highest BCUT2D eigenvalue weighted by Gasteiger charge is 2.20. The highest BCUT2D eigenvalue weighted by molar-refractivity contribution is 9.10. The number of ether oxygens (including phenoxy) is 1. The van der Waals surface area contributed by atoms with Gasteiger partial charge in [-0.2, -0.15) is 0 Å². The first kappa shape index (κ1) is 18.2. The number of allylic oxidation sites excluding steroid dienone is 1. The molecule has 138 valence electrons. The third-order valence-electron chi connectivity index (χ3n) is 4.28. The van der Waals surface area contributed by atoms with E-state index in [0.29, 0.717) is 33.9 Å². The van der Waals surface area contributed by atoms with Gasteiger partial charge in [-0.15, -0.1) is 0 Å². The number of Topliss-reactive ketones (excluding diaryl/α,β-unsaturated/α-hetero) is 1. The van der Waals surface area contributed by atoms with E-state index in [1.165, 1.54) is 0 Å². The van der Waals surface area contributed by atoms with Crippen LogP contribution in [0.15, 0.2) is 81.7 Å².